The first kappa shape index (κ1) is 15.4. The number of anilines is 1. The van der Waals surface area contributed by atoms with Gasteiger partial charge in [-0.15, -0.1) is 0 Å². The minimum absolute atomic E-state index is 0.195. The number of carbonyl (C=O) groups is 1. The molecule has 0 saturated carbocycles. The Balaban J connectivity index is 1.99. The summed E-state index contributed by atoms with van der Waals surface area (Å²) < 4.78 is 5.00. The average Bonchev–Trinajstić information content (AvgIpc) is 2.47. The topological polar surface area (TPSA) is 79.0 Å². The number of ether oxygens (including phenoxy) is 1. The fraction of sp³-hybridized carbons (Fsp3) is 0.533. The van der Waals surface area contributed by atoms with Crippen LogP contribution in [0.25, 0.3) is 0 Å². The first-order valence-electron chi connectivity index (χ1n) is 7.28. The molecule has 116 valence electrons. The fourth-order valence-electron chi connectivity index (χ4n) is 2.48. The van der Waals surface area contributed by atoms with Gasteiger partial charge in [-0.3, -0.25) is 0 Å². The van der Waals surface area contributed by atoms with Gasteiger partial charge in [0.25, 0.3) is 0 Å². The Morgan fingerprint density at radius 1 is 1.38 bits per heavy atom. The molecule has 1 aliphatic rings. The van der Waals surface area contributed by atoms with Crippen LogP contribution in [-0.4, -0.2) is 48.9 Å². The predicted molar refractivity (Wildman–Crippen MR) is 81.5 cm³/mol. The number of rotatable bonds is 3. The number of carbonyl (C=O) groups excluding carboxylic acids is 1. The van der Waals surface area contributed by atoms with Gasteiger partial charge in [0.1, 0.15) is 5.75 Å². The molecule has 0 bridgehead atoms. The van der Waals surface area contributed by atoms with E-state index in [1.165, 1.54) is 0 Å². The van der Waals surface area contributed by atoms with Crippen molar-refractivity contribution >= 4 is 11.8 Å². The van der Waals surface area contributed by atoms with E-state index >= 15 is 0 Å². The summed E-state index contributed by atoms with van der Waals surface area (Å²) in [6.45, 7) is 6.71. The number of amides is 1. The minimum Gasteiger partial charge on any atom is -0.508 e. The molecule has 6 nitrogen and oxygen atoms in total. The second kappa shape index (κ2) is 6.67. The van der Waals surface area contributed by atoms with Crippen LogP contribution >= 0.6 is 0 Å². The van der Waals surface area contributed by atoms with E-state index in [9.17, 15) is 9.90 Å². The van der Waals surface area contributed by atoms with Crippen LogP contribution in [0.5, 0.6) is 5.75 Å². The Hall–Kier alpha value is -1.95. The van der Waals surface area contributed by atoms with E-state index in [4.69, 9.17) is 10.5 Å². The van der Waals surface area contributed by atoms with Crippen molar-refractivity contribution in [2.24, 2.45) is 5.73 Å². The van der Waals surface area contributed by atoms with Gasteiger partial charge in [0.2, 0.25) is 0 Å². The second-order valence-corrected chi connectivity index (χ2v) is 5.20. The van der Waals surface area contributed by atoms with Crippen molar-refractivity contribution in [3.05, 3.63) is 23.8 Å². The zero-order valence-electron chi connectivity index (χ0n) is 12.6. The highest BCUT2D eigenvalue weighted by atomic mass is 16.6. The first-order valence-corrected chi connectivity index (χ1v) is 7.28. The number of nitrogens with zero attached hydrogens (tertiary/aromatic N) is 2. The van der Waals surface area contributed by atoms with Crippen molar-refractivity contribution in [3.8, 4) is 5.75 Å². The van der Waals surface area contributed by atoms with Gasteiger partial charge in [0.15, 0.2) is 0 Å². The molecular formula is C15H23N3O3. The summed E-state index contributed by atoms with van der Waals surface area (Å²) in [5, 5.41) is 10.0. The van der Waals surface area contributed by atoms with Gasteiger partial charge in [0.05, 0.1) is 6.61 Å². The van der Waals surface area contributed by atoms with Gasteiger partial charge in [-0.1, -0.05) is 6.07 Å². The second-order valence-electron chi connectivity index (χ2n) is 5.20. The van der Waals surface area contributed by atoms with Crippen LogP contribution in [0.1, 0.15) is 25.5 Å². The highest BCUT2D eigenvalue weighted by molar-refractivity contribution is 5.68. The molecular weight excluding hydrogens is 270 g/mol. The number of hydrogen-bond acceptors (Lipinski definition) is 5. The predicted octanol–water partition coefficient (Wildman–Crippen LogP) is 1.69. The molecule has 1 aromatic carbocycles. The lowest BCUT2D eigenvalue weighted by Gasteiger charge is -2.35. The van der Waals surface area contributed by atoms with E-state index in [0.717, 1.165) is 24.3 Å². The summed E-state index contributed by atoms with van der Waals surface area (Å²) in [4.78, 5) is 15.5. The van der Waals surface area contributed by atoms with Crippen molar-refractivity contribution in [1.29, 1.82) is 0 Å². The molecule has 1 aromatic rings. The summed E-state index contributed by atoms with van der Waals surface area (Å²) in [6.07, 6.45) is -0.257. The normalized spacial score (nSPS) is 16.7. The third kappa shape index (κ3) is 3.58. The van der Waals surface area contributed by atoms with E-state index in [2.05, 4.69) is 4.90 Å². The molecule has 1 amide bonds. The number of benzene rings is 1. The molecule has 1 heterocycles. The lowest BCUT2D eigenvalue weighted by molar-refractivity contribution is 0.105. The van der Waals surface area contributed by atoms with Crippen LogP contribution in [0, 0.1) is 0 Å². The summed E-state index contributed by atoms with van der Waals surface area (Å²) >= 11 is 0. The molecule has 3 N–H and O–H groups in total. The number of piperazine rings is 1. The molecule has 1 atom stereocenters. The van der Waals surface area contributed by atoms with E-state index in [0.29, 0.717) is 19.7 Å². The number of aromatic hydroxyl groups is 1. The largest absolute Gasteiger partial charge is 0.508 e. The highest BCUT2D eigenvalue weighted by Gasteiger charge is 2.22. The number of nitrogens with two attached hydrogens (primary N) is 1. The van der Waals surface area contributed by atoms with E-state index in [-0.39, 0.29) is 17.9 Å². The van der Waals surface area contributed by atoms with Crippen LogP contribution in [-0.2, 0) is 4.74 Å². The van der Waals surface area contributed by atoms with E-state index in [1.54, 1.807) is 17.9 Å². The average molecular weight is 293 g/mol. The van der Waals surface area contributed by atoms with E-state index in [1.807, 2.05) is 19.1 Å². The quantitative estimate of drug-likeness (QED) is 0.886. The Morgan fingerprint density at radius 3 is 2.57 bits per heavy atom. The standard InChI is InChI=1S/C15H23N3O3/c1-3-21-15(20)18-8-6-17(7-9-18)12-4-5-13(11(2)16)14(19)10-12/h4-5,10-11,19H,3,6-9,16H2,1-2H3. The van der Waals surface area contributed by atoms with Crippen molar-refractivity contribution in [2.45, 2.75) is 19.9 Å². The number of hydrogen-bond donors (Lipinski definition) is 2. The third-order valence-electron chi connectivity index (χ3n) is 3.68. The smallest absolute Gasteiger partial charge is 0.409 e. The molecule has 1 fully saturated rings. The molecule has 0 aliphatic carbocycles. The summed E-state index contributed by atoms with van der Waals surface area (Å²) in [5.74, 6) is 0.218. The molecule has 2 rings (SSSR count). The maximum absolute atomic E-state index is 11.6. The Kier molecular flexibility index (Phi) is 4.90. The number of phenolic OH excluding ortho intramolecular Hbond substituents is 1. The molecule has 0 aromatic heterocycles. The van der Waals surface area contributed by atoms with Crippen LogP contribution in [0.3, 0.4) is 0 Å². The van der Waals surface area contributed by atoms with Gasteiger partial charge < -0.3 is 25.4 Å². The Bertz CT molecular complexity index is 497. The Morgan fingerprint density at radius 2 is 2.05 bits per heavy atom. The Labute approximate surface area is 125 Å². The first-order chi connectivity index (χ1) is 10.0. The van der Waals surface area contributed by atoms with Gasteiger partial charge >= 0.3 is 6.09 Å². The van der Waals surface area contributed by atoms with Crippen LogP contribution < -0.4 is 10.6 Å². The monoisotopic (exact) mass is 293 g/mol. The molecule has 21 heavy (non-hydrogen) atoms. The maximum atomic E-state index is 11.6. The third-order valence-corrected chi connectivity index (χ3v) is 3.68. The zero-order valence-corrected chi connectivity index (χ0v) is 12.6. The molecule has 1 aliphatic heterocycles. The maximum Gasteiger partial charge on any atom is 0.409 e. The molecule has 0 spiro atoms. The molecule has 6 heteroatoms. The van der Waals surface area contributed by atoms with Gasteiger partial charge in [-0.2, -0.15) is 0 Å². The molecule has 0 radical (unpaired) electrons. The number of phenols is 1. The summed E-state index contributed by atoms with van der Waals surface area (Å²) in [5.41, 5.74) is 7.48. The van der Waals surface area contributed by atoms with Gasteiger partial charge in [0, 0.05) is 49.5 Å². The summed E-state index contributed by atoms with van der Waals surface area (Å²) in [7, 11) is 0. The van der Waals surface area contributed by atoms with Crippen LogP contribution in [0.4, 0.5) is 10.5 Å². The van der Waals surface area contributed by atoms with Crippen molar-refractivity contribution in [1.82, 2.24) is 4.90 Å². The van der Waals surface area contributed by atoms with Crippen LogP contribution in [0.15, 0.2) is 18.2 Å². The minimum atomic E-state index is -0.257. The van der Waals surface area contributed by atoms with Gasteiger partial charge in [-0.25, -0.2) is 4.79 Å². The highest BCUT2D eigenvalue weighted by Crippen LogP contribution is 2.28. The van der Waals surface area contributed by atoms with Crippen molar-refractivity contribution in [2.75, 3.05) is 37.7 Å². The van der Waals surface area contributed by atoms with Crippen LogP contribution in [0.2, 0.25) is 0 Å². The molecule has 1 unspecified atom stereocenters. The SMILES string of the molecule is CCOC(=O)N1CCN(c2ccc(C(C)N)c(O)c2)CC1. The lowest BCUT2D eigenvalue weighted by Crippen LogP contribution is -2.49. The van der Waals surface area contributed by atoms with Crippen molar-refractivity contribution < 1.29 is 14.6 Å². The zero-order chi connectivity index (χ0) is 15.4. The molecule has 1 saturated heterocycles. The van der Waals surface area contributed by atoms with Gasteiger partial charge in [-0.05, 0) is 19.9 Å². The fourth-order valence-corrected chi connectivity index (χ4v) is 2.48. The lowest BCUT2D eigenvalue weighted by atomic mass is 10.1. The van der Waals surface area contributed by atoms with E-state index < -0.39 is 0 Å². The van der Waals surface area contributed by atoms with Crippen molar-refractivity contribution in [3.63, 3.8) is 0 Å². The summed E-state index contributed by atoms with van der Waals surface area (Å²) in [6, 6.07) is 5.35.